The molecule has 10 rings (SSSR count). The third kappa shape index (κ3) is 3.47. The van der Waals surface area contributed by atoms with Crippen LogP contribution in [0, 0.1) is 0 Å². The zero-order valence-electron chi connectivity index (χ0n) is 24.6. The van der Waals surface area contributed by atoms with Crippen molar-refractivity contribution in [1.82, 2.24) is 0 Å². The second-order valence-electron chi connectivity index (χ2n) is 12.1. The van der Waals surface area contributed by atoms with E-state index in [1.807, 2.05) is 0 Å². The van der Waals surface area contributed by atoms with Gasteiger partial charge in [0.25, 0.3) is 0 Å². The summed E-state index contributed by atoms with van der Waals surface area (Å²) in [6.45, 7) is 0.0842. The smallest absolute Gasteiger partial charge is 0.333 e. The van der Waals surface area contributed by atoms with Crippen LogP contribution < -0.4 is 20.6 Å². The van der Waals surface area contributed by atoms with Crippen LogP contribution in [0.1, 0.15) is 0 Å². The van der Waals surface area contributed by atoms with E-state index in [4.69, 9.17) is 0 Å². The summed E-state index contributed by atoms with van der Waals surface area (Å²) in [7, 11) is 0. The first-order valence-corrected chi connectivity index (χ1v) is 15.6. The first-order chi connectivity index (χ1) is 22.3. The summed E-state index contributed by atoms with van der Waals surface area (Å²) in [5.74, 6) is 0. The van der Waals surface area contributed by atoms with Crippen LogP contribution in [0.3, 0.4) is 0 Å². The fraction of sp³-hybridized carbons (Fsp3) is 0. The van der Waals surface area contributed by atoms with Crippen molar-refractivity contribution in [2.75, 3.05) is 9.71 Å². The van der Waals surface area contributed by atoms with E-state index in [1.165, 1.54) is 83.9 Å². The highest BCUT2D eigenvalue weighted by Gasteiger charge is 2.48. The van der Waals surface area contributed by atoms with E-state index in [2.05, 4.69) is 174 Å². The van der Waals surface area contributed by atoms with Gasteiger partial charge in [-0.05, 0) is 86.8 Å². The molecular formula is C42H27BN2. The maximum atomic E-state index is 2.61. The number of hydrogen-bond acceptors (Lipinski definition) is 2. The number of fused-ring (bicyclic) bond motifs is 6. The lowest BCUT2D eigenvalue weighted by molar-refractivity contribution is 1.26. The normalized spacial score (nSPS) is 13.2. The molecule has 45 heavy (non-hydrogen) atoms. The number of nitrogens with zero attached hydrogens (tertiary/aromatic N) is 2. The Balaban J connectivity index is 1.28. The van der Waals surface area contributed by atoms with Gasteiger partial charge in [0, 0.05) is 39.6 Å². The van der Waals surface area contributed by atoms with Crippen LogP contribution in [0.15, 0.2) is 164 Å². The molecule has 2 nitrogen and oxygen atoms in total. The zero-order chi connectivity index (χ0) is 29.5. The molecule has 0 bridgehead atoms. The van der Waals surface area contributed by atoms with E-state index in [1.54, 1.807) is 0 Å². The van der Waals surface area contributed by atoms with Crippen molar-refractivity contribution in [2.24, 2.45) is 0 Å². The Hall–Kier alpha value is -5.80. The largest absolute Gasteiger partial charge is 0.376 e. The topological polar surface area (TPSA) is 6.48 Å². The second kappa shape index (κ2) is 9.35. The van der Waals surface area contributed by atoms with Crippen LogP contribution in [0.5, 0.6) is 0 Å². The summed E-state index contributed by atoms with van der Waals surface area (Å²) >= 11 is 0. The van der Waals surface area contributed by atoms with Crippen molar-refractivity contribution >= 4 is 46.2 Å². The molecule has 0 unspecified atom stereocenters. The fourth-order valence-corrected chi connectivity index (χ4v) is 7.90. The molecule has 7 aromatic rings. The Labute approximate surface area is 263 Å². The summed E-state index contributed by atoms with van der Waals surface area (Å²) in [5, 5.41) is 0. The van der Waals surface area contributed by atoms with Crippen molar-refractivity contribution in [3.8, 4) is 44.5 Å². The summed E-state index contributed by atoms with van der Waals surface area (Å²) in [4.78, 5) is 5.10. The average Bonchev–Trinajstić information content (AvgIpc) is 3.12. The van der Waals surface area contributed by atoms with Gasteiger partial charge in [0.15, 0.2) is 0 Å². The molecule has 0 amide bonds. The Morgan fingerprint density at radius 2 is 0.844 bits per heavy atom. The maximum absolute atomic E-state index is 2.61. The molecular weight excluding hydrogens is 543 g/mol. The lowest BCUT2D eigenvalue weighted by Gasteiger charge is -2.49. The molecule has 3 aliphatic heterocycles. The van der Waals surface area contributed by atoms with Crippen molar-refractivity contribution in [3.05, 3.63) is 164 Å². The Morgan fingerprint density at radius 3 is 1.56 bits per heavy atom. The monoisotopic (exact) mass is 570 g/mol. The predicted octanol–water partition coefficient (Wildman–Crippen LogP) is 9.71. The molecule has 0 saturated heterocycles. The van der Waals surface area contributed by atoms with E-state index >= 15 is 0 Å². The van der Waals surface area contributed by atoms with Gasteiger partial charge in [-0.2, -0.15) is 0 Å². The molecule has 0 radical (unpaired) electrons. The number of rotatable bonds is 3. The molecule has 7 aromatic carbocycles. The molecule has 3 heteroatoms. The van der Waals surface area contributed by atoms with Crippen LogP contribution in [0.4, 0.5) is 28.4 Å². The number of para-hydroxylation sites is 1. The molecule has 0 N–H and O–H groups in total. The minimum atomic E-state index is 0.0842. The van der Waals surface area contributed by atoms with Gasteiger partial charge in [0.1, 0.15) is 0 Å². The quantitative estimate of drug-likeness (QED) is 0.195. The van der Waals surface area contributed by atoms with Gasteiger partial charge >= 0.3 is 6.85 Å². The molecule has 3 heterocycles. The van der Waals surface area contributed by atoms with E-state index in [0.29, 0.717) is 0 Å². The van der Waals surface area contributed by atoms with E-state index in [0.717, 1.165) is 0 Å². The maximum Gasteiger partial charge on any atom is 0.333 e. The van der Waals surface area contributed by atoms with Crippen LogP contribution in [0.25, 0.3) is 44.5 Å². The first kappa shape index (κ1) is 24.6. The van der Waals surface area contributed by atoms with Crippen LogP contribution in [0.2, 0.25) is 0 Å². The van der Waals surface area contributed by atoms with Crippen molar-refractivity contribution < 1.29 is 0 Å². The van der Waals surface area contributed by atoms with Gasteiger partial charge in [-0.25, -0.2) is 0 Å². The highest BCUT2D eigenvalue weighted by Crippen LogP contribution is 2.51. The minimum Gasteiger partial charge on any atom is -0.376 e. The first-order valence-electron chi connectivity index (χ1n) is 15.6. The molecule has 0 fully saturated rings. The van der Waals surface area contributed by atoms with Crippen LogP contribution in [-0.4, -0.2) is 6.85 Å². The summed E-state index contributed by atoms with van der Waals surface area (Å²) in [6.07, 6.45) is 0. The lowest BCUT2D eigenvalue weighted by atomic mass is 9.41. The number of benzene rings is 7. The molecule has 208 valence electrons. The predicted molar refractivity (Wildman–Crippen MR) is 190 cm³/mol. The van der Waals surface area contributed by atoms with Gasteiger partial charge in [-0.3, -0.25) is 0 Å². The summed E-state index contributed by atoms with van der Waals surface area (Å²) in [6, 6.07) is 60.1. The lowest BCUT2D eigenvalue weighted by Crippen LogP contribution is -2.63. The Bertz CT molecular complexity index is 2290. The van der Waals surface area contributed by atoms with Crippen molar-refractivity contribution in [2.45, 2.75) is 0 Å². The second-order valence-corrected chi connectivity index (χ2v) is 12.1. The summed E-state index contributed by atoms with van der Waals surface area (Å²) in [5.41, 5.74) is 19.0. The fourth-order valence-electron chi connectivity index (χ4n) is 7.90. The molecule has 0 aromatic heterocycles. The van der Waals surface area contributed by atoms with Crippen molar-refractivity contribution in [1.29, 1.82) is 0 Å². The highest BCUT2D eigenvalue weighted by atomic mass is 15.2. The summed E-state index contributed by atoms with van der Waals surface area (Å²) < 4.78 is 0. The standard InChI is InChI=1S/C42H27BN2/c1-3-12-28(13-4-1)30-16-9-17-32(26-30)44-39-22-10-19-34-33-18-7-8-21-37(33)45-38-25-24-31(29-14-5-2-6-15-29)27-36(38)35-20-11-23-40(44)42(35)43(45)41(34)39/h1-27H. The Kier molecular flexibility index (Phi) is 5.12. The van der Waals surface area contributed by atoms with Crippen molar-refractivity contribution in [3.63, 3.8) is 0 Å². The van der Waals surface area contributed by atoms with Gasteiger partial charge in [0.05, 0.1) is 0 Å². The molecule has 0 saturated carbocycles. The SMILES string of the molecule is c1ccc(-c2cccc(N3c4cccc5c4B4c6c(cccc63)-c3cc(-c6ccccc6)ccc3N4c3ccccc3-5)c2)cc1. The molecule has 0 atom stereocenters. The third-order valence-corrected chi connectivity index (χ3v) is 9.77. The Morgan fingerprint density at radius 1 is 0.333 bits per heavy atom. The van der Waals surface area contributed by atoms with Gasteiger partial charge in [0.2, 0.25) is 0 Å². The molecule has 0 aliphatic carbocycles. The van der Waals surface area contributed by atoms with Crippen LogP contribution >= 0.6 is 0 Å². The molecule has 3 aliphatic rings. The minimum absolute atomic E-state index is 0.0842. The van der Waals surface area contributed by atoms with Gasteiger partial charge in [-0.1, -0.05) is 121 Å². The van der Waals surface area contributed by atoms with E-state index in [-0.39, 0.29) is 6.85 Å². The number of hydrogen-bond donors (Lipinski definition) is 0. The zero-order valence-corrected chi connectivity index (χ0v) is 24.6. The number of anilines is 5. The third-order valence-electron chi connectivity index (χ3n) is 9.77. The van der Waals surface area contributed by atoms with Crippen LogP contribution in [-0.2, 0) is 0 Å². The van der Waals surface area contributed by atoms with Gasteiger partial charge < -0.3 is 9.71 Å². The van der Waals surface area contributed by atoms with E-state index in [9.17, 15) is 0 Å². The highest BCUT2D eigenvalue weighted by molar-refractivity contribution is 6.95. The average molecular weight is 571 g/mol. The van der Waals surface area contributed by atoms with E-state index < -0.39 is 0 Å². The molecule has 0 spiro atoms. The van der Waals surface area contributed by atoms with Gasteiger partial charge in [-0.15, -0.1) is 0 Å².